The lowest BCUT2D eigenvalue weighted by Gasteiger charge is -2.24. The minimum absolute atomic E-state index is 0.106. The van der Waals surface area contributed by atoms with Crippen molar-refractivity contribution < 1.29 is 9.47 Å². The van der Waals surface area contributed by atoms with Crippen LogP contribution in [0, 0.1) is 10.8 Å². The summed E-state index contributed by atoms with van der Waals surface area (Å²) in [6.45, 7) is 25.7. The Bertz CT molecular complexity index is 313. The first kappa shape index (κ1) is 24.6. The van der Waals surface area contributed by atoms with E-state index in [1.807, 2.05) is 41.5 Å². The Balaban J connectivity index is 0. The molecule has 0 N–H and O–H groups in total. The minimum Gasteiger partial charge on any atom is -0.350 e. The molecule has 0 aliphatic heterocycles. The summed E-state index contributed by atoms with van der Waals surface area (Å²) in [6.07, 6.45) is 8.70. The highest BCUT2D eigenvalue weighted by Crippen LogP contribution is 2.17. The van der Waals surface area contributed by atoms with Gasteiger partial charge in [0.25, 0.3) is 0 Å². The summed E-state index contributed by atoms with van der Waals surface area (Å²) in [5.74, 6) is 0. The molecule has 0 aliphatic carbocycles. The molecule has 138 valence electrons. The Hall–Kier alpha value is -0.600. The van der Waals surface area contributed by atoms with E-state index in [2.05, 4.69) is 65.8 Å². The number of allylic oxidation sites excluding steroid dienone is 4. The second-order valence-corrected chi connectivity index (χ2v) is 10.1. The minimum atomic E-state index is -0.106. The molecule has 0 saturated carbocycles. The van der Waals surface area contributed by atoms with Crippen LogP contribution in [-0.2, 0) is 9.47 Å². The molecule has 0 amide bonds. The van der Waals surface area contributed by atoms with Gasteiger partial charge in [-0.25, -0.2) is 0 Å². The zero-order valence-corrected chi connectivity index (χ0v) is 17.8. The fourth-order valence-electron chi connectivity index (χ4n) is 1.07. The van der Waals surface area contributed by atoms with Crippen LogP contribution in [0.15, 0.2) is 24.3 Å². The van der Waals surface area contributed by atoms with Crippen LogP contribution in [0.1, 0.15) is 83.1 Å². The van der Waals surface area contributed by atoms with Gasteiger partial charge in [0.2, 0.25) is 0 Å². The largest absolute Gasteiger partial charge is 0.350 e. The predicted octanol–water partition coefficient (Wildman–Crippen LogP) is 6.77. The van der Waals surface area contributed by atoms with Gasteiger partial charge in [0.1, 0.15) is 6.79 Å². The van der Waals surface area contributed by atoms with Gasteiger partial charge in [-0.05, 0) is 52.4 Å². The van der Waals surface area contributed by atoms with Crippen LogP contribution in [0.4, 0.5) is 0 Å². The lowest BCUT2D eigenvalue weighted by molar-refractivity contribution is -0.163. The quantitative estimate of drug-likeness (QED) is 0.421. The molecular formula is C21H42O2. The maximum Gasteiger partial charge on any atom is 0.148 e. The van der Waals surface area contributed by atoms with Gasteiger partial charge in [0.05, 0.1) is 11.2 Å². The van der Waals surface area contributed by atoms with Crippen LogP contribution in [-0.4, -0.2) is 18.0 Å². The van der Waals surface area contributed by atoms with Crippen molar-refractivity contribution in [1.29, 1.82) is 0 Å². The number of ether oxygens (including phenoxy) is 2. The van der Waals surface area contributed by atoms with Crippen LogP contribution in [0.5, 0.6) is 0 Å². The zero-order chi connectivity index (χ0) is 18.9. The standard InChI is InChI=1S/C12H22.C9H20O2/c1-11(2,3)9-7-8-10-12(4,5)6;1-8(2,3)10-7-11-9(4,5)6/h7-10H,1-6H3;7H2,1-6H3/b9-7-,10-8-;. The first-order valence-electron chi connectivity index (χ1n) is 8.56. The molecule has 0 fully saturated rings. The summed E-state index contributed by atoms with van der Waals surface area (Å²) in [6, 6.07) is 0. The summed E-state index contributed by atoms with van der Waals surface area (Å²) < 4.78 is 10.8. The third-order valence-electron chi connectivity index (χ3n) is 2.29. The van der Waals surface area contributed by atoms with Gasteiger partial charge >= 0.3 is 0 Å². The second-order valence-electron chi connectivity index (χ2n) is 10.1. The molecule has 0 rings (SSSR count). The number of hydrogen-bond donors (Lipinski definition) is 0. The van der Waals surface area contributed by atoms with Crippen LogP contribution in [0.2, 0.25) is 0 Å². The molecule has 0 radical (unpaired) electrons. The normalized spacial score (nSPS) is 14.3. The summed E-state index contributed by atoms with van der Waals surface area (Å²) >= 11 is 0. The highest BCUT2D eigenvalue weighted by atomic mass is 16.7. The summed E-state index contributed by atoms with van der Waals surface area (Å²) in [4.78, 5) is 0. The Morgan fingerprint density at radius 2 is 0.783 bits per heavy atom. The average Bonchev–Trinajstić information content (AvgIpc) is 2.19. The number of rotatable bonds is 3. The lowest BCUT2D eigenvalue weighted by atomic mass is 9.94. The van der Waals surface area contributed by atoms with Crippen LogP contribution >= 0.6 is 0 Å². The van der Waals surface area contributed by atoms with Gasteiger partial charge in [-0.3, -0.25) is 0 Å². The Morgan fingerprint density at radius 3 is 0.957 bits per heavy atom. The molecule has 0 atom stereocenters. The number of hydrogen-bond acceptors (Lipinski definition) is 2. The molecule has 0 aromatic rings. The molecule has 0 bridgehead atoms. The smallest absolute Gasteiger partial charge is 0.148 e. The van der Waals surface area contributed by atoms with Gasteiger partial charge in [-0.1, -0.05) is 65.8 Å². The van der Waals surface area contributed by atoms with E-state index in [4.69, 9.17) is 9.47 Å². The molecular weight excluding hydrogens is 284 g/mol. The first-order chi connectivity index (χ1) is 9.91. The topological polar surface area (TPSA) is 18.5 Å². The van der Waals surface area contributed by atoms with E-state index in [1.165, 1.54) is 0 Å². The monoisotopic (exact) mass is 326 g/mol. The SMILES string of the molecule is CC(C)(C)/C=C\C=C/C(C)(C)C.CC(C)(C)OCOC(C)(C)C. The molecule has 2 nitrogen and oxygen atoms in total. The van der Waals surface area contributed by atoms with Gasteiger partial charge in [0.15, 0.2) is 0 Å². The maximum absolute atomic E-state index is 5.38. The van der Waals surface area contributed by atoms with E-state index >= 15 is 0 Å². The van der Waals surface area contributed by atoms with Crippen molar-refractivity contribution in [2.24, 2.45) is 10.8 Å². The summed E-state index contributed by atoms with van der Waals surface area (Å²) in [7, 11) is 0. The van der Waals surface area contributed by atoms with E-state index in [0.29, 0.717) is 17.6 Å². The van der Waals surface area contributed by atoms with E-state index in [1.54, 1.807) is 0 Å². The van der Waals surface area contributed by atoms with Crippen molar-refractivity contribution in [2.45, 2.75) is 94.3 Å². The zero-order valence-electron chi connectivity index (χ0n) is 17.8. The Labute approximate surface area is 146 Å². The van der Waals surface area contributed by atoms with Gasteiger partial charge in [-0.2, -0.15) is 0 Å². The van der Waals surface area contributed by atoms with Crippen molar-refractivity contribution in [1.82, 2.24) is 0 Å². The van der Waals surface area contributed by atoms with Crippen molar-refractivity contribution in [3.8, 4) is 0 Å². The Morgan fingerprint density at radius 1 is 0.522 bits per heavy atom. The molecule has 0 aromatic carbocycles. The maximum atomic E-state index is 5.38. The molecule has 2 heteroatoms. The van der Waals surface area contributed by atoms with E-state index in [9.17, 15) is 0 Å². The van der Waals surface area contributed by atoms with Crippen LogP contribution < -0.4 is 0 Å². The fraction of sp³-hybridized carbons (Fsp3) is 0.810. The van der Waals surface area contributed by atoms with E-state index in [0.717, 1.165) is 0 Å². The van der Waals surface area contributed by atoms with E-state index < -0.39 is 0 Å². The molecule has 0 aromatic heterocycles. The van der Waals surface area contributed by atoms with Gasteiger partial charge < -0.3 is 9.47 Å². The van der Waals surface area contributed by atoms with Crippen LogP contribution in [0.3, 0.4) is 0 Å². The van der Waals surface area contributed by atoms with Crippen molar-refractivity contribution >= 4 is 0 Å². The van der Waals surface area contributed by atoms with Gasteiger partial charge in [0, 0.05) is 0 Å². The van der Waals surface area contributed by atoms with Crippen molar-refractivity contribution in [3.63, 3.8) is 0 Å². The molecule has 0 heterocycles. The third kappa shape index (κ3) is 29.9. The predicted molar refractivity (Wildman–Crippen MR) is 104 cm³/mol. The first-order valence-corrected chi connectivity index (χ1v) is 8.56. The second kappa shape index (κ2) is 9.64. The Kier molecular flexibility index (Phi) is 10.3. The van der Waals surface area contributed by atoms with Gasteiger partial charge in [-0.15, -0.1) is 0 Å². The highest BCUT2D eigenvalue weighted by molar-refractivity contribution is 5.08. The molecule has 0 saturated heterocycles. The van der Waals surface area contributed by atoms with Crippen LogP contribution in [0.25, 0.3) is 0 Å². The summed E-state index contributed by atoms with van der Waals surface area (Å²) in [5.41, 5.74) is 0.376. The van der Waals surface area contributed by atoms with Crippen molar-refractivity contribution in [3.05, 3.63) is 24.3 Å². The summed E-state index contributed by atoms with van der Waals surface area (Å²) in [5, 5.41) is 0. The van der Waals surface area contributed by atoms with Crippen molar-refractivity contribution in [2.75, 3.05) is 6.79 Å². The van der Waals surface area contributed by atoms with E-state index in [-0.39, 0.29) is 11.2 Å². The molecule has 0 unspecified atom stereocenters. The molecule has 23 heavy (non-hydrogen) atoms. The molecule has 0 spiro atoms. The molecule has 0 aliphatic rings. The lowest BCUT2D eigenvalue weighted by Crippen LogP contribution is -2.26. The third-order valence-corrected chi connectivity index (χ3v) is 2.29. The highest BCUT2D eigenvalue weighted by Gasteiger charge is 2.14. The average molecular weight is 327 g/mol. The fourth-order valence-corrected chi connectivity index (χ4v) is 1.07.